The molecular weight excluding hydrogens is 427 g/mol. The van der Waals surface area contributed by atoms with Gasteiger partial charge in [0.2, 0.25) is 17.6 Å². The van der Waals surface area contributed by atoms with E-state index in [-0.39, 0.29) is 24.2 Å². The number of benzene rings is 2. The van der Waals surface area contributed by atoms with Crippen LogP contribution in [0.25, 0.3) is 11.4 Å². The van der Waals surface area contributed by atoms with E-state index in [2.05, 4.69) is 15.5 Å². The monoisotopic (exact) mass is 452 g/mol. The standard InChI is InChI=1S/C24H25FN4O4/c1-15-8-9-17(24(31)32-2)12-20(15)26-21(30)14-29-10-4-6-18(13-29)23-27-22(28-33-23)16-5-3-7-19(25)11-16/h3,5,7-9,11-12,18H,4,6,10,13-14H2,1-2H3,(H,26,30). The first-order chi connectivity index (χ1) is 15.9. The Morgan fingerprint density at radius 3 is 2.91 bits per heavy atom. The van der Waals surface area contributed by atoms with E-state index in [9.17, 15) is 14.0 Å². The number of likely N-dealkylation sites (tertiary alicyclic amines) is 1. The van der Waals surface area contributed by atoms with Crippen LogP contribution < -0.4 is 5.32 Å². The van der Waals surface area contributed by atoms with Gasteiger partial charge in [0.1, 0.15) is 5.82 Å². The molecule has 8 nitrogen and oxygen atoms in total. The van der Waals surface area contributed by atoms with Crippen molar-refractivity contribution in [1.82, 2.24) is 15.0 Å². The number of carbonyl (C=O) groups excluding carboxylic acids is 2. The predicted molar refractivity (Wildman–Crippen MR) is 119 cm³/mol. The number of methoxy groups -OCH3 is 1. The van der Waals surface area contributed by atoms with Crippen LogP contribution in [0.3, 0.4) is 0 Å². The first-order valence-electron chi connectivity index (χ1n) is 10.7. The number of esters is 1. The summed E-state index contributed by atoms with van der Waals surface area (Å²) in [7, 11) is 1.32. The van der Waals surface area contributed by atoms with Crippen LogP contribution in [-0.2, 0) is 9.53 Å². The smallest absolute Gasteiger partial charge is 0.337 e. The van der Waals surface area contributed by atoms with Crippen molar-refractivity contribution in [3.63, 3.8) is 0 Å². The van der Waals surface area contributed by atoms with Crippen LogP contribution in [0, 0.1) is 12.7 Å². The van der Waals surface area contributed by atoms with Gasteiger partial charge in [-0.15, -0.1) is 0 Å². The lowest BCUT2D eigenvalue weighted by atomic mass is 9.98. The van der Waals surface area contributed by atoms with E-state index >= 15 is 0 Å². The van der Waals surface area contributed by atoms with Crippen molar-refractivity contribution < 1.29 is 23.2 Å². The molecule has 33 heavy (non-hydrogen) atoms. The minimum absolute atomic E-state index is 0.00857. The fraction of sp³-hybridized carbons (Fsp3) is 0.333. The summed E-state index contributed by atoms with van der Waals surface area (Å²) >= 11 is 0. The van der Waals surface area contributed by atoms with E-state index in [0.29, 0.717) is 35.1 Å². The SMILES string of the molecule is COC(=O)c1ccc(C)c(NC(=O)CN2CCCC(c3nc(-c4cccc(F)c4)no3)C2)c1. The third kappa shape index (κ3) is 5.43. The van der Waals surface area contributed by atoms with E-state index in [0.717, 1.165) is 24.9 Å². The van der Waals surface area contributed by atoms with Crippen LogP contribution in [0.1, 0.15) is 40.6 Å². The summed E-state index contributed by atoms with van der Waals surface area (Å²) in [5, 5.41) is 6.88. The molecule has 0 spiro atoms. The van der Waals surface area contributed by atoms with E-state index in [4.69, 9.17) is 9.26 Å². The van der Waals surface area contributed by atoms with Crippen molar-refractivity contribution in [3.8, 4) is 11.4 Å². The van der Waals surface area contributed by atoms with E-state index < -0.39 is 5.97 Å². The number of ether oxygens (including phenoxy) is 1. The lowest BCUT2D eigenvalue weighted by Crippen LogP contribution is -2.40. The van der Waals surface area contributed by atoms with Crippen molar-refractivity contribution in [2.45, 2.75) is 25.7 Å². The third-order valence-corrected chi connectivity index (χ3v) is 5.68. The fourth-order valence-electron chi connectivity index (χ4n) is 3.94. The van der Waals surface area contributed by atoms with Crippen LogP contribution >= 0.6 is 0 Å². The van der Waals surface area contributed by atoms with Crippen LogP contribution in [0.15, 0.2) is 47.0 Å². The van der Waals surface area contributed by atoms with Crippen molar-refractivity contribution in [2.24, 2.45) is 0 Å². The second-order valence-corrected chi connectivity index (χ2v) is 8.11. The molecule has 1 aromatic heterocycles. The molecule has 9 heteroatoms. The predicted octanol–water partition coefficient (Wildman–Crippen LogP) is 3.79. The average molecular weight is 452 g/mol. The molecule has 1 aliphatic heterocycles. The number of piperidine rings is 1. The number of aryl methyl sites for hydroxylation is 1. The Hall–Kier alpha value is -3.59. The summed E-state index contributed by atoms with van der Waals surface area (Å²) in [5.41, 5.74) is 2.36. The number of nitrogens with zero attached hydrogens (tertiary/aromatic N) is 3. The van der Waals surface area contributed by atoms with Gasteiger partial charge in [-0.2, -0.15) is 4.98 Å². The van der Waals surface area contributed by atoms with Gasteiger partial charge >= 0.3 is 5.97 Å². The summed E-state index contributed by atoms with van der Waals surface area (Å²) in [6.45, 7) is 3.43. The molecule has 1 atom stereocenters. The molecule has 1 amide bonds. The molecule has 0 radical (unpaired) electrons. The van der Waals surface area contributed by atoms with Gasteiger partial charge in [-0.05, 0) is 56.1 Å². The Morgan fingerprint density at radius 2 is 2.12 bits per heavy atom. The molecule has 4 rings (SSSR count). The molecule has 1 fully saturated rings. The molecule has 3 aromatic rings. The van der Waals surface area contributed by atoms with Gasteiger partial charge in [-0.3, -0.25) is 9.69 Å². The second kappa shape index (κ2) is 9.91. The van der Waals surface area contributed by atoms with Crippen molar-refractivity contribution in [1.29, 1.82) is 0 Å². The minimum Gasteiger partial charge on any atom is -0.465 e. The molecule has 0 saturated carbocycles. The van der Waals surface area contributed by atoms with E-state index in [1.54, 1.807) is 30.3 Å². The molecule has 2 heterocycles. The van der Waals surface area contributed by atoms with Gasteiger partial charge in [0.05, 0.1) is 25.1 Å². The highest BCUT2D eigenvalue weighted by Crippen LogP contribution is 2.28. The number of carbonyl (C=O) groups is 2. The highest BCUT2D eigenvalue weighted by Gasteiger charge is 2.27. The number of hydrogen-bond acceptors (Lipinski definition) is 7. The van der Waals surface area contributed by atoms with Crippen molar-refractivity contribution in [3.05, 3.63) is 65.3 Å². The molecule has 1 N–H and O–H groups in total. The first kappa shape index (κ1) is 22.6. The zero-order valence-corrected chi connectivity index (χ0v) is 18.5. The highest BCUT2D eigenvalue weighted by molar-refractivity contribution is 5.96. The number of hydrogen-bond donors (Lipinski definition) is 1. The van der Waals surface area contributed by atoms with E-state index in [1.807, 2.05) is 11.8 Å². The minimum atomic E-state index is -0.457. The summed E-state index contributed by atoms with van der Waals surface area (Å²) in [6, 6.07) is 11.1. The topological polar surface area (TPSA) is 97.6 Å². The van der Waals surface area contributed by atoms with Gasteiger partial charge in [-0.1, -0.05) is 23.4 Å². The Bertz CT molecular complexity index is 1160. The summed E-state index contributed by atoms with van der Waals surface area (Å²) in [5.74, 6) is -0.165. The quantitative estimate of drug-likeness (QED) is 0.568. The number of amides is 1. The molecule has 1 unspecified atom stereocenters. The van der Waals surface area contributed by atoms with Crippen molar-refractivity contribution in [2.75, 3.05) is 32.1 Å². The van der Waals surface area contributed by atoms with Crippen molar-refractivity contribution >= 4 is 17.6 Å². The Balaban J connectivity index is 1.38. The molecule has 1 saturated heterocycles. The number of halogens is 1. The van der Waals surface area contributed by atoms with Crippen LogP contribution in [0.5, 0.6) is 0 Å². The lowest BCUT2D eigenvalue weighted by Gasteiger charge is -2.30. The van der Waals surface area contributed by atoms with Crippen LogP contribution in [0.4, 0.5) is 10.1 Å². The average Bonchev–Trinajstić information content (AvgIpc) is 3.31. The summed E-state index contributed by atoms with van der Waals surface area (Å²) < 4.78 is 23.7. The molecule has 1 aliphatic rings. The Labute approximate surface area is 190 Å². The number of anilines is 1. The largest absolute Gasteiger partial charge is 0.465 e. The molecule has 2 aromatic carbocycles. The second-order valence-electron chi connectivity index (χ2n) is 8.11. The van der Waals surface area contributed by atoms with Crippen LogP contribution in [-0.4, -0.2) is 53.7 Å². The maximum atomic E-state index is 13.5. The zero-order valence-electron chi connectivity index (χ0n) is 18.5. The van der Waals surface area contributed by atoms with Gasteiger partial charge in [0, 0.05) is 17.8 Å². The third-order valence-electron chi connectivity index (χ3n) is 5.68. The van der Waals surface area contributed by atoms with Crippen LogP contribution in [0.2, 0.25) is 0 Å². The van der Waals surface area contributed by atoms with E-state index in [1.165, 1.54) is 19.2 Å². The Kier molecular flexibility index (Phi) is 6.79. The number of nitrogens with one attached hydrogen (secondary N) is 1. The summed E-state index contributed by atoms with van der Waals surface area (Å²) in [6.07, 6.45) is 1.75. The van der Waals surface area contributed by atoms with Gasteiger partial charge in [0.15, 0.2) is 0 Å². The maximum Gasteiger partial charge on any atom is 0.337 e. The fourth-order valence-corrected chi connectivity index (χ4v) is 3.94. The zero-order chi connectivity index (χ0) is 23.4. The number of rotatable bonds is 6. The number of aromatic nitrogens is 2. The normalized spacial score (nSPS) is 16.4. The summed E-state index contributed by atoms with van der Waals surface area (Å²) in [4.78, 5) is 31.0. The molecular formula is C24H25FN4O4. The van der Waals surface area contributed by atoms with Gasteiger partial charge in [0.25, 0.3) is 0 Å². The van der Waals surface area contributed by atoms with Gasteiger partial charge in [-0.25, -0.2) is 9.18 Å². The molecule has 172 valence electrons. The highest BCUT2D eigenvalue weighted by atomic mass is 19.1. The molecule has 0 bridgehead atoms. The maximum absolute atomic E-state index is 13.5. The molecule has 0 aliphatic carbocycles. The van der Waals surface area contributed by atoms with Gasteiger partial charge < -0.3 is 14.6 Å². The first-order valence-corrected chi connectivity index (χ1v) is 10.7. The Morgan fingerprint density at radius 1 is 1.27 bits per heavy atom. The lowest BCUT2D eigenvalue weighted by molar-refractivity contribution is -0.117.